The fourth-order valence-corrected chi connectivity index (χ4v) is 3.91. The molecule has 1 aromatic heterocycles. The maximum Gasteiger partial charge on any atom is 0.350 e. The SMILES string of the molecule is CC(=O)N1CCc2cc(C(=O)C(C)OC(=O)c3sc(C)nc3C)ccc21. The van der Waals surface area contributed by atoms with Crippen molar-refractivity contribution in [3.05, 3.63) is 44.9 Å². The summed E-state index contributed by atoms with van der Waals surface area (Å²) in [5.74, 6) is -0.806. The number of rotatable bonds is 4. The number of Topliss-reactive ketones (excluding diaryl/α,β-unsaturated/α-hetero) is 1. The summed E-state index contributed by atoms with van der Waals surface area (Å²) in [5.41, 5.74) is 2.89. The van der Waals surface area contributed by atoms with Crippen molar-refractivity contribution in [2.75, 3.05) is 11.4 Å². The molecule has 1 amide bonds. The van der Waals surface area contributed by atoms with Crippen LogP contribution >= 0.6 is 11.3 Å². The van der Waals surface area contributed by atoms with Gasteiger partial charge in [-0.1, -0.05) is 0 Å². The number of esters is 1. The summed E-state index contributed by atoms with van der Waals surface area (Å²) in [7, 11) is 0. The Bertz CT molecular complexity index is 903. The van der Waals surface area contributed by atoms with Gasteiger partial charge in [0.05, 0.1) is 10.7 Å². The molecule has 0 aliphatic carbocycles. The molecule has 0 radical (unpaired) electrons. The second kappa shape index (κ2) is 6.99. The monoisotopic (exact) mass is 372 g/mol. The molecule has 0 spiro atoms. The van der Waals surface area contributed by atoms with Crippen LogP contribution in [-0.2, 0) is 16.0 Å². The fraction of sp³-hybridized carbons (Fsp3) is 0.368. The Hall–Kier alpha value is -2.54. The number of fused-ring (bicyclic) bond motifs is 1. The van der Waals surface area contributed by atoms with Gasteiger partial charge in [0.15, 0.2) is 6.10 Å². The number of aryl methyl sites for hydroxylation is 2. The number of benzene rings is 1. The number of hydrogen-bond acceptors (Lipinski definition) is 6. The Kier molecular flexibility index (Phi) is 4.91. The summed E-state index contributed by atoms with van der Waals surface area (Å²) >= 11 is 1.26. The van der Waals surface area contributed by atoms with Crippen LogP contribution in [0.25, 0.3) is 0 Å². The molecule has 1 atom stereocenters. The van der Waals surface area contributed by atoms with E-state index in [1.807, 2.05) is 6.92 Å². The number of hydrogen-bond donors (Lipinski definition) is 0. The topological polar surface area (TPSA) is 76.6 Å². The molecule has 7 heteroatoms. The molecule has 1 unspecified atom stereocenters. The molecule has 1 aliphatic heterocycles. The van der Waals surface area contributed by atoms with Crippen LogP contribution in [0, 0.1) is 13.8 Å². The van der Waals surface area contributed by atoms with Crippen molar-refractivity contribution in [2.24, 2.45) is 0 Å². The van der Waals surface area contributed by atoms with E-state index in [-0.39, 0.29) is 11.7 Å². The number of carbonyl (C=O) groups is 3. The number of carbonyl (C=O) groups excluding carboxylic acids is 3. The number of amides is 1. The zero-order chi connectivity index (χ0) is 19.0. The molecule has 3 rings (SSSR count). The first kappa shape index (κ1) is 18.3. The van der Waals surface area contributed by atoms with Gasteiger partial charge in [0.25, 0.3) is 0 Å². The molecular formula is C19H20N2O4S. The molecule has 6 nitrogen and oxygen atoms in total. The van der Waals surface area contributed by atoms with E-state index in [0.717, 1.165) is 16.3 Å². The molecule has 0 saturated carbocycles. The van der Waals surface area contributed by atoms with Crippen LogP contribution in [0.5, 0.6) is 0 Å². The van der Waals surface area contributed by atoms with Gasteiger partial charge < -0.3 is 9.64 Å². The van der Waals surface area contributed by atoms with E-state index in [9.17, 15) is 14.4 Å². The predicted octanol–water partition coefficient (Wildman–Crippen LogP) is 3.10. The van der Waals surface area contributed by atoms with Crippen LogP contribution in [0.1, 0.15) is 50.1 Å². The minimum atomic E-state index is -0.896. The van der Waals surface area contributed by atoms with Crippen molar-refractivity contribution < 1.29 is 19.1 Å². The lowest BCUT2D eigenvalue weighted by Crippen LogP contribution is -2.26. The molecule has 0 N–H and O–H groups in total. The highest BCUT2D eigenvalue weighted by Crippen LogP contribution is 2.29. The van der Waals surface area contributed by atoms with E-state index >= 15 is 0 Å². The van der Waals surface area contributed by atoms with E-state index in [2.05, 4.69) is 4.98 Å². The summed E-state index contributed by atoms with van der Waals surface area (Å²) in [6, 6.07) is 5.24. The molecule has 0 saturated heterocycles. The largest absolute Gasteiger partial charge is 0.450 e. The van der Waals surface area contributed by atoms with Crippen LogP contribution in [0.3, 0.4) is 0 Å². The van der Waals surface area contributed by atoms with Crippen molar-refractivity contribution >= 4 is 34.7 Å². The van der Waals surface area contributed by atoms with Gasteiger partial charge in [-0.2, -0.15) is 0 Å². The minimum absolute atomic E-state index is 0.0136. The molecule has 2 aromatic rings. The molecule has 1 aromatic carbocycles. The van der Waals surface area contributed by atoms with E-state index in [1.165, 1.54) is 18.3 Å². The first-order valence-corrected chi connectivity index (χ1v) is 9.20. The van der Waals surface area contributed by atoms with Gasteiger partial charge >= 0.3 is 5.97 Å². The van der Waals surface area contributed by atoms with Crippen molar-refractivity contribution in [3.8, 4) is 0 Å². The molecule has 0 bridgehead atoms. The normalized spacial score (nSPS) is 14.1. The van der Waals surface area contributed by atoms with Crippen LogP contribution in [0.2, 0.25) is 0 Å². The standard InChI is InChI=1S/C19H20N2O4S/c1-10-18(26-12(3)20-10)19(24)25-11(2)17(23)15-5-6-16-14(9-15)7-8-21(16)13(4)22/h5-6,9,11H,7-8H2,1-4H3. The third kappa shape index (κ3) is 3.39. The highest BCUT2D eigenvalue weighted by molar-refractivity contribution is 7.13. The average Bonchev–Trinajstić information content (AvgIpc) is 3.16. The van der Waals surface area contributed by atoms with E-state index in [1.54, 1.807) is 36.9 Å². The Morgan fingerprint density at radius 3 is 2.62 bits per heavy atom. The third-order valence-electron chi connectivity index (χ3n) is 4.38. The molecular weight excluding hydrogens is 352 g/mol. The van der Waals surface area contributed by atoms with Crippen molar-refractivity contribution in [3.63, 3.8) is 0 Å². The molecule has 26 heavy (non-hydrogen) atoms. The maximum absolute atomic E-state index is 12.6. The quantitative estimate of drug-likeness (QED) is 0.609. The number of ketones is 1. The van der Waals surface area contributed by atoms with Crippen LogP contribution in [0.4, 0.5) is 5.69 Å². The van der Waals surface area contributed by atoms with Crippen LogP contribution in [0.15, 0.2) is 18.2 Å². The lowest BCUT2D eigenvalue weighted by atomic mass is 10.0. The molecule has 2 heterocycles. The van der Waals surface area contributed by atoms with Gasteiger partial charge in [-0.15, -0.1) is 11.3 Å². The lowest BCUT2D eigenvalue weighted by Gasteiger charge is -2.16. The van der Waals surface area contributed by atoms with Crippen molar-refractivity contribution in [2.45, 2.75) is 40.2 Å². The number of anilines is 1. The summed E-state index contributed by atoms with van der Waals surface area (Å²) in [6.07, 6.45) is -0.184. The van der Waals surface area contributed by atoms with Crippen molar-refractivity contribution in [1.82, 2.24) is 4.98 Å². The third-order valence-corrected chi connectivity index (χ3v) is 5.43. The smallest absolute Gasteiger partial charge is 0.350 e. The van der Waals surface area contributed by atoms with Crippen molar-refractivity contribution in [1.29, 1.82) is 0 Å². The predicted molar refractivity (Wildman–Crippen MR) is 99.0 cm³/mol. The molecule has 1 aliphatic rings. The Labute approximate surface area is 155 Å². The second-order valence-electron chi connectivity index (χ2n) is 6.32. The zero-order valence-corrected chi connectivity index (χ0v) is 16.0. The summed E-state index contributed by atoms with van der Waals surface area (Å²) < 4.78 is 5.34. The summed E-state index contributed by atoms with van der Waals surface area (Å²) in [5, 5.41) is 0.780. The first-order valence-electron chi connectivity index (χ1n) is 8.38. The van der Waals surface area contributed by atoms with E-state index < -0.39 is 12.1 Å². The Morgan fingerprint density at radius 1 is 1.27 bits per heavy atom. The second-order valence-corrected chi connectivity index (χ2v) is 7.53. The molecule has 0 fully saturated rings. The van der Waals surface area contributed by atoms with Gasteiger partial charge in [-0.3, -0.25) is 9.59 Å². The maximum atomic E-state index is 12.6. The number of ether oxygens (including phenoxy) is 1. The van der Waals surface area contributed by atoms with Gasteiger partial charge in [0.1, 0.15) is 4.88 Å². The highest BCUT2D eigenvalue weighted by Gasteiger charge is 2.26. The number of thiazole rings is 1. The first-order chi connectivity index (χ1) is 12.3. The minimum Gasteiger partial charge on any atom is -0.450 e. The van der Waals surface area contributed by atoms with E-state index in [4.69, 9.17) is 4.74 Å². The van der Waals surface area contributed by atoms with Gasteiger partial charge in [0.2, 0.25) is 11.7 Å². The van der Waals surface area contributed by atoms with Crippen LogP contribution in [-0.4, -0.2) is 35.3 Å². The van der Waals surface area contributed by atoms with Gasteiger partial charge in [-0.05, 0) is 51.0 Å². The number of nitrogens with zero attached hydrogens (tertiary/aromatic N) is 2. The summed E-state index contributed by atoms with van der Waals surface area (Å²) in [6.45, 7) is 7.28. The van der Waals surface area contributed by atoms with E-state index in [0.29, 0.717) is 29.1 Å². The zero-order valence-electron chi connectivity index (χ0n) is 15.2. The fourth-order valence-electron chi connectivity index (χ4n) is 3.11. The highest BCUT2D eigenvalue weighted by atomic mass is 32.1. The molecule has 136 valence electrons. The Balaban J connectivity index is 1.74. The van der Waals surface area contributed by atoms with Gasteiger partial charge in [-0.25, -0.2) is 9.78 Å². The summed E-state index contributed by atoms with van der Waals surface area (Å²) in [4.78, 5) is 42.9. The Morgan fingerprint density at radius 2 is 2.00 bits per heavy atom. The number of aromatic nitrogens is 1. The van der Waals surface area contributed by atoms with Gasteiger partial charge in [0, 0.05) is 24.7 Å². The average molecular weight is 372 g/mol. The lowest BCUT2D eigenvalue weighted by molar-refractivity contribution is -0.116. The van der Waals surface area contributed by atoms with Crippen LogP contribution < -0.4 is 4.90 Å².